The monoisotopic (exact) mass is 341 g/mol. The number of hydrogen-bond donors (Lipinski definition) is 1. The molecule has 0 aliphatic heterocycles. The number of anilines is 1. The number of nitrogens with one attached hydrogen (secondary N) is 1. The van der Waals surface area contributed by atoms with Gasteiger partial charge in [-0.15, -0.1) is 0 Å². The number of benzene rings is 1. The average molecular weight is 342 g/mol. The molecule has 0 bridgehead atoms. The fraction of sp³-hybridized carbons (Fsp3) is 0.111. The van der Waals surface area contributed by atoms with Crippen LogP contribution in [0.1, 0.15) is 16.1 Å². The number of aryl methyl sites for hydroxylation is 1. The van der Waals surface area contributed by atoms with Gasteiger partial charge >= 0.3 is 0 Å². The summed E-state index contributed by atoms with van der Waals surface area (Å²) in [6.45, 7) is 1.86. The van der Waals surface area contributed by atoms with Gasteiger partial charge in [0.2, 0.25) is 0 Å². The second-order valence-corrected chi connectivity index (χ2v) is 5.62. The van der Waals surface area contributed by atoms with Crippen LogP contribution in [0.15, 0.2) is 54.9 Å². The van der Waals surface area contributed by atoms with Gasteiger partial charge in [-0.05, 0) is 37.3 Å². The Bertz CT molecular complexity index is 876. The van der Waals surface area contributed by atoms with Crippen LogP contribution in [0.3, 0.4) is 0 Å². The molecule has 1 N–H and O–H groups in total. The van der Waals surface area contributed by atoms with E-state index in [2.05, 4.69) is 10.3 Å². The minimum absolute atomic E-state index is 0.328. The molecule has 3 aromatic rings. The topological polar surface area (TPSA) is 56.1 Å². The summed E-state index contributed by atoms with van der Waals surface area (Å²) in [5.74, 6) is 0.590. The number of amides is 1. The largest absolute Gasteiger partial charge is 0.496 e. The lowest BCUT2D eigenvalue weighted by molar-refractivity contribution is 0.102. The number of nitrogens with zero attached hydrogens (tertiary/aromatic N) is 2. The number of hydrogen-bond acceptors (Lipinski definition) is 3. The van der Waals surface area contributed by atoms with Gasteiger partial charge in [0.15, 0.2) is 0 Å². The summed E-state index contributed by atoms with van der Waals surface area (Å²) in [5.41, 5.74) is 1.91. The van der Waals surface area contributed by atoms with Crippen molar-refractivity contribution in [1.29, 1.82) is 0 Å². The Morgan fingerprint density at radius 1 is 1.21 bits per heavy atom. The predicted octanol–water partition coefficient (Wildman–Crippen LogP) is 4.10. The van der Waals surface area contributed by atoms with Gasteiger partial charge in [0.05, 0.1) is 23.4 Å². The molecule has 0 saturated carbocycles. The van der Waals surface area contributed by atoms with E-state index >= 15 is 0 Å². The number of rotatable bonds is 4. The van der Waals surface area contributed by atoms with E-state index in [4.69, 9.17) is 16.3 Å². The van der Waals surface area contributed by atoms with Gasteiger partial charge in [0.1, 0.15) is 11.6 Å². The molecule has 2 heterocycles. The van der Waals surface area contributed by atoms with Gasteiger partial charge in [-0.1, -0.05) is 17.7 Å². The standard InChI is InChI=1S/C18H16ClN3O2/c1-12-6-5-7-17(20-12)21-18(23)13-10-14(19)15(11-16(13)24-2)22-8-3-4-9-22/h3-11H,1-2H3,(H,20,21,23). The molecule has 122 valence electrons. The van der Waals surface area contributed by atoms with Gasteiger partial charge in [0.25, 0.3) is 5.91 Å². The number of carbonyl (C=O) groups is 1. The molecule has 2 aromatic heterocycles. The van der Waals surface area contributed by atoms with Crippen molar-refractivity contribution in [2.75, 3.05) is 12.4 Å². The Hall–Kier alpha value is -2.79. The van der Waals surface area contributed by atoms with Crippen molar-refractivity contribution in [1.82, 2.24) is 9.55 Å². The lowest BCUT2D eigenvalue weighted by Gasteiger charge is -2.13. The first-order valence-corrected chi connectivity index (χ1v) is 7.72. The van der Waals surface area contributed by atoms with Crippen molar-refractivity contribution in [2.24, 2.45) is 0 Å². The average Bonchev–Trinajstić information content (AvgIpc) is 3.08. The first-order chi connectivity index (χ1) is 11.6. The molecular formula is C18H16ClN3O2. The molecule has 0 saturated heterocycles. The van der Waals surface area contributed by atoms with Gasteiger partial charge in [-0.2, -0.15) is 0 Å². The number of halogens is 1. The summed E-state index contributed by atoms with van der Waals surface area (Å²) in [6, 6.07) is 12.5. The third-order valence-electron chi connectivity index (χ3n) is 3.53. The van der Waals surface area contributed by atoms with E-state index in [0.717, 1.165) is 11.4 Å². The van der Waals surface area contributed by atoms with Gasteiger partial charge in [-0.3, -0.25) is 4.79 Å². The van der Waals surface area contributed by atoms with E-state index in [1.54, 1.807) is 18.2 Å². The first kappa shape index (κ1) is 16.1. The zero-order chi connectivity index (χ0) is 17.1. The molecule has 5 nitrogen and oxygen atoms in total. The van der Waals surface area contributed by atoms with Crippen LogP contribution in [0, 0.1) is 6.92 Å². The summed E-state index contributed by atoms with van der Waals surface area (Å²) in [7, 11) is 1.52. The van der Waals surface area contributed by atoms with Crippen molar-refractivity contribution in [3.63, 3.8) is 0 Å². The Morgan fingerprint density at radius 3 is 2.62 bits per heavy atom. The van der Waals surface area contributed by atoms with Crippen LogP contribution in [-0.2, 0) is 0 Å². The highest BCUT2D eigenvalue weighted by molar-refractivity contribution is 6.33. The number of ether oxygens (including phenoxy) is 1. The summed E-state index contributed by atoms with van der Waals surface area (Å²) in [6.07, 6.45) is 3.74. The molecule has 0 unspecified atom stereocenters. The first-order valence-electron chi connectivity index (χ1n) is 7.34. The minimum atomic E-state index is -0.328. The normalized spacial score (nSPS) is 10.5. The maximum absolute atomic E-state index is 12.6. The molecule has 1 amide bonds. The quantitative estimate of drug-likeness (QED) is 0.777. The van der Waals surface area contributed by atoms with E-state index < -0.39 is 0 Å². The van der Waals surface area contributed by atoms with Gasteiger partial charge in [0, 0.05) is 24.2 Å². The molecule has 0 aliphatic rings. The van der Waals surface area contributed by atoms with Crippen molar-refractivity contribution in [3.05, 3.63) is 71.1 Å². The van der Waals surface area contributed by atoms with Crippen LogP contribution in [-0.4, -0.2) is 22.6 Å². The van der Waals surface area contributed by atoms with E-state index in [9.17, 15) is 4.79 Å². The summed E-state index contributed by atoms with van der Waals surface area (Å²) < 4.78 is 7.22. The zero-order valence-corrected chi connectivity index (χ0v) is 14.0. The van der Waals surface area contributed by atoms with E-state index in [1.165, 1.54) is 7.11 Å². The third-order valence-corrected chi connectivity index (χ3v) is 3.83. The molecule has 0 aliphatic carbocycles. The molecule has 1 aromatic carbocycles. The minimum Gasteiger partial charge on any atom is -0.496 e. The number of aromatic nitrogens is 2. The molecule has 0 spiro atoms. The highest BCUT2D eigenvalue weighted by Crippen LogP contribution is 2.30. The molecule has 0 atom stereocenters. The molecule has 6 heteroatoms. The van der Waals surface area contributed by atoms with Crippen LogP contribution in [0.25, 0.3) is 5.69 Å². The smallest absolute Gasteiger partial charge is 0.260 e. The maximum atomic E-state index is 12.6. The van der Waals surface area contributed by atoms with Crippen LogP contribution in [0.5, 0.6) is 5.75 Å². The molecule has 0 fully saturated rings. The number of methoxy groups -OCH3 is 1. The Kier molecular flexibility index (Phi) is 4.53. The molecule has 0 radical (unpaired) electrons. The Balaban J connectivity index is 1.95. The summed E-state index contributed by atoms with van der Waals surface area (Å²) in [4.78, 5) is 16.8. The van der Waals surface area contributed by atoms with E-state index in [-0.39, 0.29) is 5.91 Å². The van der Waals surface area contributed by atoms with Gasteiger partial charge < -0.3 is 14.6 Å². The van der Waals surface area contributed by atoms with Crippen molar-refractivity contribution < 1.29 is 9.53 Å². The van der Waals surface area contributed by atoms with Crippen molar-refractivity contribution in [3.8, 4) is 11.4 Å². The maximum Gasteiger partial charge on any atom is 0.260 e. The second kappa shape index (κ2) is 6.76. The van der Waals surface area contributed by atoms with E-state index in [0.29, 0.717) is 22.2 Å². The Morgan fingerprint density at radius 2 is 1.96 bits per heavy atom. The van der Waals surface area contributed by atoms with Crippen molar-refractivity contribution >= 4 is 23.3 Å². The third kappa shape index (κ3) is 3.26. The van der Waals surface area contributed by atoms with Crippen molar-refractivity contribution in [2.45, 2.75) is 6.92 Å². The predicted molar refractivity (Wildman–Crippen MR) is 94.3 cm³/mol. The second-order valence-electron chi connectivity index (χ2n) is 5.21. The SMILES string of the molecule is COc1cc(-n2cccc2)c(Cl)cc1C(=O)Nc1cccc(C)n1. The zero-order valence-electron chi connectivity index (χ0n) is 13.3. The summed E-state index contributed by atoms with van der Waals surface area (Å²) >= 11 is 6.35. The fourth-order valence-corrected chi connectivity index (χ4v) is 2.64. The molecule has 3 rings (SSSR count). The highest BCUT2D eigenvalue weighted by atomic mass is 35.5. The van der Waals surface area contributed by atoms with Crippen LogP contribution in [0.4, 0.5) is 5.82 Å². The van der Waals surface area contributed by atoms with E-state index in [1.807, 2.05) is 48.1 Å². The van der Waals surface area contributed by atoms with Crippen LogP contribution >= 0.6 is 11.6 Å². The van der Waals surface area contributed by atoms with Crippen LogP contribution < -0.4 is 10.1 Å². The van der Waals surface area contributed by atoms with Crippen LogP contribution in [0.2, 0.25) is 5.02 Å². The summed E-state index contributed by atoms with van der Waals surface area (Å²) in [5, 5.41) is 3.21. The lowest BCUT2D eigenvalue weighted by Crippen LogP contribution is -2.15. The highest BCUT2D eigenvalue weighted by Gasteiger charge is 2.17. The molecule has 24 heavy (non-hydrogen) atoms. The molecular weight excluding hydrogens is 326 g/mol. The lowest BCUT2D eigenvalue weighted by atomic mass is 10.1. The van der Waals surface area contributed by atoms with Gasteiger partial charge in [-0.25, -0.2) is 4.98 Å². The number of carbonyl (C=O) groups excluding carboxylic acids is 1. The fourth-order valence-electron chi connectivity index (χ4n) is 2.38. The Labute approximate surface area is 144 Å². The number of pyridine rings is 1.